The minimum atomic E-state index is -2.24. The lowest BCUT2D eigenvalue weighted by molar-refractivity contribution is 0.101. The summed E-state index contributed by atoms with van der Waals surface area (Å²) in [5, 5.41) is 0. The number of ether oxygens (including phenoxy) is 2. The Kier molecular flexibility index (Phi) is 5.77. The number of carbonyl (C=O) groups excluding carboxylic acids is 1. The Morgan fingerprint density at radius 2 is 1.62 bits per heavy atom. The van der Waals surface area contributed by atoms with E-state index < -0.39 is 41.3 Å². The van der Waals surface area contributed by atoms with Crippen LogP contribution in [-0.2, 0) is 6.61 Å². The van der Waals surface area contributed by atoms with Crippen LogP contribution >= 0.6 is 15.9 Å². The summed E-state index contributed by atoms with van der Waals surface area (Å²) in [6, 6.07) is 9.96. The molecule has 0 saturated heterocycles. The summed E-state index contributed by atoms with van der Waals surface area (Å²) in [4.78, 5) is 12.7. The molecule has 1 aliphatic heterocycles. The molecule has 9 heteroatoms. The van der Waals surface area contributed by atoms with Crippen LogP contribution in [0.3, 0.4) is 0 Å². The van der Waals surface area contributed by atoms with Crippen LogP contribution in [0.2, 0.25) is 0 Å². The molecule has 0 radical (unpaired) electrons. The van der Waals surface area contributed by atoms with Gasteiger partial charge in [-0.1, -0.05) is 28.1 Å². The van der Waals surface area contributed by atoms with Gasteiger partial charge in [-0.25, -0.2) is 22.0 Å². The number of fused-ring (bicyclic) bond motifs is 1. The van der Waals surface area contributed by atoms with E-state index in [1.165, 1.54) is 12.1 Å². The molecule has 0 fully saturated rings. The highest BCUT2D eigenvalue weighted by molar-refractivity contribution is 9.10. The first-order chi connectivity index (χ1) is 15.2. The highest BCUT2D eigenvalue weighted by Gasteiger charge is 2.31. The first kappa shape index (κ1) is 22.0. The van der Waals surface area contributed by atoms with Gasteiger partial charge in [-0.3, -0.25) is 4.79 Å². The van der Waals surface area contributed by atoms with Gasteiger partial charge in [0.25, 0.3) is 0 Å². The molecule has 0 spiro atoms. The van der Waals surface area contributed by atoms with Crippen molar-refractivity contribution >= 4 is 27.8 Å². The Balaban J connectivity index is 1.62. The minimum Gasteiger partial charge on any atom is -0.488 e. The molecule has 0 bridgehead atoms. The number of Topliss-reactive ketones (excluding diaryl/α,β-unsaturated/α-hetero) is 1. The van der Waals surface area contributed by atoms with E-state index in [0.29, 0.717) is 5.56 Å². The molecule has 3 aromatic rings. The van der Waals surface area contributed by atoms with E-state index in [9.17, 15) is 26.7 Å². The van der Waals surface area contributed by atoms with Gasteiger partial charge < -0.3 is 9.47 Å². The lowest BCUT2D eigenvalue weighted by Gasteiger charge is -2.13. The zero-order valence-electron chi connectivity index (χ0n) is 16.2. The Labute approximate surface area is 187 Å². The van der Waals surface area contributed by atoms with Gasteiger partial charge in [-0.15, -0.1) is 0 Å². The Hall–Kier alpha value is -3.20. The summed E-state index contributed by atoms with van der Waals surface area (Å²) in [6.45, 7) is 0.627. The van der Waals surface area contributed by atoms with Crippen LogP contribution in [0.4, 0.5) is 22.0 Å². The molecule has 1 heterocycles. The van der Waals surface area contributed by atoms with Gasteiger partial charge in [0.15, 0.2) is 29.0 Å². The van der Waals surface area contributed by atoms with Crippen molar-refractivity contribution in [2.24, 2.45) is 0 Å². The fourth-order valence-corrected chi connectivity index (χ4v) is 3.62. The second-order valence-electron chi connectivity index (χ2n) is 6.90. The van der Waals surface area contributed by atoms with Gasteiger partial charge in [0, 0.05) is 10.0 Å². The molecule has 3 aromatic carbocycles. The molecule has 0 amide bonds. The molecular weight excluding hydrogens is 499 g/mol. The van der Waals surface area contributed by atoms with Crippen molar-refractivity contribution < 1.29 is 36.2 Å². The lowest BCUT2D eigenvalue weighted by atomic mass is 10.1. The highest BCUT2D eigenvalue weighted by Crippen LogP contribution is 2.39. The van der Waals surface area contributed by atoms with Crippen LogP contribution < -0.4 is 9.47 Å². The first-order valence-electron chi connectivity index (χ1n) is 9.15. The third-order valence-electron chi connectivity index (χ3n) is 4.86. The van der Waals surface area contributed by atoms with Gasteiger partial charge in [0.2, 0.25) is 11.6 Å². The van der Waals surface area contributed by atoms with E-state index in [-0.39, 0.29) is 28.6 Å². The van der Waals surface area contributed by atoms with Gasteiger partial charge >= 0.3 is 0 Å². The van der Waals surface area contributed by atoms with Gasteiger partial charge in [-0.2, -0.15) is 0 Å². The predicted molar refractivity (Wildman–Crippen MR) is 109 cm³/mol. The van der Waals surface area contributed by atoms with Gasteiger partial charge in [0.05, 0.1) is 11.1 Å². The van der Waals surface area contributed by atoms with Crippen molar-refractivity contribution in [1.29, 1.82) is 0 Å². The van der Waals surface area contributed by atoms with Crippen molar-refractivity contribution in [2.45, 2.75) is 13.5 Å². The average Bonchev–Trinajstić information content (AvgIpc) is 3.08. The van der Waals surface area contributed by atoms with Crippen molar-refractivity contribution in [2.75, 3.05) is 0 Å². The van der Waals surface area contributed by atoms with Crippen LogP contribution in [0.5, 0.6) is 11.5 Å². The molecule has 1 aliphatic rings. The van der Waals surface area contributed by atoms with E-state index in [0.717, 1.165) is 10.0 Å². The topological polar surface area (TPSA) is 35.5 Å². The number of hydrogen-bond acceptors (Lipinski definition) is 3. The van der Waals surface area contributed by atoms with Gasteiger partial charge in [0.1, 0.15) is 18.1 Å². The van der Waals surface area contributed by atoms with Gasteiger partial charge in [-0.05, 0) is 42.8 Å². The molecule has 4 rings (SSSR count). The second-order valence-corrected chi connectivity index (χ2v) is 7.81. The maximum absolute atomic E-state index is 13.9. The third kappa shape index (κ3) is 3.77. The molecule has 0 saturated carbocycles. The van der Waals surface area contributed by atoms with Crippen LogP contribution in [0.15, 0.2) is 46.6 Å². The Bertz CT molecular complexity index is 1270. The predicted octanol–water partition coefficient (Wildman–Crippen LogP) is 6.65. The molecule has 164 valence electrons. The first-order valence-corrected chi connectivity index (χ1v) is 9.95. The quantitative estimate of drug-likeness (QED) is 0.170. The molecule has 3 nitrogen and oxygen atoms in total. The van der Waals surface area contributed by atoms with Crippen LogP contribution in [0.1, 0.15) is 27.0 Å². The maximum Gasteiger partial charge on any atom is 0.231 e. The lowest BCUT2D eigenvalue weighted by Crippen LogP contribution is -2.10. The number of ketones is 1. The van der Waals surface area contributed by atoms with E-state index in [1.807, 2.05) is 6.07 Å². The fourth-order valence-electron chi connectivity index (χ4n) is 3.20. The summed E-state index contributed by atoms with van der Waals surface area (Å²) in [5.74, 6) is -10.3. The molecule has 0 aromatic heterocycles. The molecule has 0 aliphatic carbocycles. The number of carbonyl (C=O) groups is 1. The standard InChI is InChI=1S/C23H12BrF5O3/c1-10-15(31-9-14-17(25)19(27)21(29)20(28)18(14)26)6-5-13-22(30)16(32-23(10)13)8-11-3-2-4-12(24)7-11/h2-8H,9H2,1H3/b16-8-. The smallest absolute Gasteiger partial charge is 0.231 e. The summed E-state index contributed by atoms with van der Waals surface area (Å²) in [5.41, 5.74) is 0.203. The van der Waals surface area contributed by atoms with E-state index in [2.05, 4.69) is 15.9 Å². The summed E-state index contributed by atoms with van der Waals surface area (Å²) in [6.07, 6.45) is 1.56. The number of halogens is 6. The number of allylic oxidation sites excluding steroid dienone is 1. The van der Waals surface area contributed by atoms with Crippen molar-refractivity contribution in [3.8, 4) is 11.5 Å². The average molecular weight is 511 g/mol. The normalized spacial score (nSPS) is 14.0. The number of hydrogen-bond donors (Lipinski definition) is 0. The fraction of sp³-hybridized carbons (Fsp3) is 0.0870. The van der Waals surface area contributed by atoms with Crippen LogP contribution in [0, 0.1) is 36.0 Å². The highest BCUT2D eigenvalue weighted by atomic mass is 79.9. The minimum absolute atomic E-state index is 0.0594. The summed E-state index contributed by atoms with van der Waals surface area (Å²) < 4.78 is 79.6. The molecule has 0 unspecified atom stereocenters. The largest absolute Gasteiger partial charge is 0.488 e. The molecular formula is C23H12BrF5O3. The van der Waals surface area contributed by atoms with Crippen LogP contribution in [-0.4, -0.2) is 5.78 Å². The monoisotopic (exact) mass is 510 g/mol. The summed E-state index contributed by atoms with van der Waals surface area (Å²) in [7, 11) is 0. The zero-order chi connectivity index (χ0) is 23.2. The molecule has 0 atom stereocenters. The number of rotatable bonds is 4. The van der Waals surface area contributed by atoms with Crippen molar-refractivity contribution in [3.63, 3.8) is 0 Å². The summed E-state index contributed by atoms with van der Waals surface area (Å²) >= 11 is 3.34. The van der Waals surface area contributed by atoms with Crippen LogP contribution in [0.25, 0.3) is 6.08 Å². The molecule has 0 N–H and O–H groups in total. The zero-order valence-corrected chi connectivity index (χ0v) is 17.8. The van der Waals surface area contributed by atoms with Crippen molar-refractivity contribution in [1.82, 2.24) is 0 Å². The third-order valence-corrected chi connectivity index (χ3v) is 5.35. The SMILES string of the molecule is Cc1c(OCc2c(F)c(F)c(F)c(F)c2F)ccc2c1O/C(=C\c1cccc(Br)c1)C2=O. The van der Waals surface area contributed by atoms with E-state index in [4.69, 9.17) is 9.47 Å². The Morgan fingerprint density at radius 1 is 0.969 bits per heavy atom. The number of benzene rings is 3. The van der Waals surface area contributed by atoms with E-state index in [1.54, 1.807) is 31.2 Å². The second kappa shape index (κ2) is 8.38. The maximum atomic E-state index is 13.9. The Morgan fingerprint density at radius 3 is 2.28 bits per heavy atom. The van der Waals surface area contributed by atoms with E-state index >= 15 is 0 Å². The van der Waals surface area contributed by atoms with Crippen molar-refractivity contribution in [3.05, 3.63) is 98.0 Å². The molecule has 32 heavy (non-hydrogen) atoms.